The van der Waals surface area contributed by atoms with Gasteiger partial charge in [0.2, 0.25) is 5.79 Å². The van der Waals surface area contributed by atoms with Gasteiger partial charge in [0.1, 0.15) is 12.2 Å². The van der Waals surface area contributed by atoms with Crippen LogP contribution in [0, 0.1) is 34.0 Å². The molecule has 4 saturated carbocycles. The van der Waals surface area contributed by atoms with E-state index in [1.54, 1.807) is 0 Å². The Morgan fingerprint density at radius 3 is 2.62 bits per heavy atom. The molecule has 6 fully saturated rings. The van der Waals surface area contributed by atoms with Crippen molar-refractivity contribution in [1.29, 1.82) is 0 Å². The van der Waals surface area contributed by atoms with E-state index in [1.807, 2.05) is 13.8 Å². The van der Waals surface area contributed by atoms with Crippen molar-refractivity contribution in [2.45, 2.75) is 70.6 Å². The second-order valence-electron chi connectivity index (χ2n) is 10.7. The van der Waals surface area contributed by atoms with Crippen LogP contribution in [0.15, 0.2) is 12.2 Å². The van der Waals surface area contributed by atoms with Gasteiger partial charge >= 0.3 is 5.97 Å². The number of carbonyl (C=O) groups excluding carboxylic acids is 2. The summed E-state index contributed by atoms with van der Waals surface area (Å²) in [5.74, 6) is -4.26. The van der Waals surface area contributed by atoms with Gasteiger partial charge in [0.15, 0.2) is 5.78 Å². The third-order valence-electron chi connectivity index (χ3n) is 9.06. The van der Waals surface area contributed by atoms with Crippen molar-refractivity contribution in [3.8, 4) is 0 Å². The number of hydrogen-bond donors (Lipinski definition) is 3. The zero-order valence-corrected chi connectivity index (χ0v) is 17.2. The molecule has 2 saturated heterocycles. The summed E-state index contributed by atoms with van der Waals surface area (Å²) in [6, 6.07) is 0. The summed E-state index contributed by atoms with van der Waals surface area (Å²) < 4.78 is 11.7. The number of rotatable bonds is 1. The number of aliphatic hydroxyl groups excluding tert-OH is 2. The largest absolute Gasteiger partial charge is 0.462 e. The number of allylic oxidation sites excluding steroid dienone is 1. The van der Waals surface area contributed by atoms with Gasteiger partial charge in [-0.15, -0.1) is 0 Å². The molecule has 6 rings (SSSR count). The Balaban J connectivity index is 1.79. The van der Waals surface area contributed by atoms with E-state index in [4.69, 9.17) is 9.47 Å². The summed E-state index contributed by atoms with van der Waals surface area (Å²) in [5, 5.41) is 34.6. The second kappa shape index (κ2) is 5.49. The fourth-order valence-electron chi connectivity index (χ4n) is 8.23. The highest BCUT2D eigenvalue weighted by molar-refractivity contribution is 6.04. The molecule has 4 aliphatic carbocycles. The number of fused-ring (bicyclic) bond motifs is 2. The van der Waals surface area contributed by atoms with Gasteiger partial charge < -0.3 is 24.8 Å². The van der Waals surface area contributed by atoms with Crippen molar-refractivity contribution in [3.63, 3.8) is 0 Å². The summed E-state index contributed by atoms with van der Waals surface area (Å²) in [5.41, 5.74) is -2.44. The summed E-state index contributed by atoms with van der Waals surface area (Å²) in [4.78, 5) is 25.5. The number of ether oxygens (including phenoxy) is 2. The van der Waals surface area contributed by atoms with Gasteiger partial charge in [-0.1, -0.05) is 20.4 Å². The van der Waals surface area contributed by atoms with E-state index in [0.29, 0.717) is 31.3 Å². The molecule has 0 aromatic rings. The number of carbonyl (C=O) groups is 2. The predicted molar refractivity (Wildman–Crippen MR) is 100 cm³/mol. The van der Waals surface area contributed by atoms with E-state index in [1.165, 1.54) is 6.92 Å². The van der Waals surface area contributed by atoms with Crippen LogP contribution in [-0.2, 0) is 19.1 Å². The van der Waals surface area contributed by atoms with E-state index < -0.39 is 58.1 Å². The van der Waals surface area contributed by atoms with Gasteiger partial charge in [0.25, 0.3) is 0 Å². The molecule has 0 aromatic carbocycles. The zero-order chi connectivity index (χ0) is 21.1. The molecule has 9 atom stereocenters. The molecule has 6 aliphatic rings. The molecule has 29 heavy (non-hydrogen) atoms. The van der Waals surface area contributed by atoms with Crippen LogP contribution in [0.25, 0.3) is 0 Å². The standard InChI is InChI=1S/C22H30O7/c1-10-12-7-13(24)15-20-9-28-22(27,21(15,8-12)17(10)25)18(26)16(20)19(3,4)6-5-14(20)29-11(2)23/h12-16,18,24,26-27H,1,5-9H2,2-4H3/t12-,13+,14+,15+,16-,18+,20+,21+,22+/m1/s1. The van der Waals surface area contributed by atoms with Gasteiger partial charge in [0, 0.05) is 24.2 Å². The third-order valence-corrected chi connectivity index (χ3v) is 9.06. The Morgan fingerprint density at radius 2 is 1.97 bits per heavy atom. The van der Waals surface area contributed by atoms with Crippen molar-refractivity contribution in [2.24, 2.45) is 34.0 Å². The molecule has 4 bridgehead atoms. The minimum atomic E-state index is -2.09. The van der Waals surface area contributed by atoms with Crippen LogP contribution in [0.2, 0.25) is 0 Å². The maximum atomic E-state index is 13.5. The summed E-state index contributed by atoms with van der Waals surface area (Å²) in [7, 11) is 0. The molecular formula is C22H30O7. The quantitative estimate of drug-likeness (QED) is 0.439. The number of aliphatic hydroxyl groups is 3. The first-order valence-corrected chi connectivity index (χ1v) is 10.6. The maximum absolute atomic E-state index is 13.5. The molecule has 7 heteroatoms. The van der Waals surface area contributed by atoms with Crippen molar-refractivity contribution in [3.05, 3.63) is 12.2 Å². The molecule has 2 aliphatic heterocycles. The van der Waals surface area contributed by atoms with Gasteiger partial charge in [0.05, 0.1) is 18.1 Å². The highest BCUT2D eigenvalue weighted by Crippen LogP contribution is 2.76. The summed E-state index contributed by atoms with van der Waals surface area (Å²) >= 11 is 0. The van der Waals surface area contributed by atoms with Crippen molar-refractivity contribution in [1.82, 2.24) is 0 Å². The van der Waals surface area contributed by atoms with Crippen molar-refractivity contribution < 1.29 is 34.4 Å². The first kappa shape index (κ1) is 19.7. The van der Waals surface area contributed by atoms with Crippen LogP contribution in [-0.4, -0.2) is 57.8 Å². The Hall–Kier alpha value is -1.28. The molecular weight excluding hydrogens is 376 g/mol. The van der Waals surface area contributed by atoms with Gasteiger partial charge in [-0.3, -0.25) is 9.59 Å². The van der Waals surface area contributed by atoms with Gasteiger partial charge in [-0.2, -0.15) is 0 Å². The molecule has 2 spiro atoms. The normalized spacial score (nSPS) is 54.7. The highest BCUT2D eigenvalue weighted by atomic mass is 16.6. The van der Waals surface area contributed by atoms with E-state index >= 15 is 0 Å². The molecule has 2 heterocycles. The lowest BCUT2D eigenvalue weighted by molar-refractivity contribution is -0.455. The van der Waals surface area contributed by atoms with Crippen LogP contribution in [0.1, 0.15) is 46.5 Å². The monoisotopic (exact) mass is 406 g/mol. The minimum absolute atomic E-state index is 0.0283. The molecule has 0 radical (unpaired) electrons. The maximum Gasteiger partial charge on any atom is 0.302 e. The first-order valence-electron chi connectivity index (χ1n) is 10.6. The van der Waals surface area contributed by atoms with Crippen LogP contribution in [0.4, 0.5) is 0 Å². The molecule has 160 valence electrons. The zero-order valence-electron chi connectivity index (χ0n) is 17.2. The Bertz CT molecular complexity index is 820. The summed E-state index contributed by atoms with van der Waals surface area (Å²) in [6.07, 6.45) is -0.908. The number of hydrogen-bond acceptors (Lipinski definition) is 7. The minimum Gasteiger partial charge on any atom is -0.462 e. The van der Waals surface area contributed by atoms with Crippen molar-refractivity contribution in [2.75, 3.05) is 6.61 Å². The number of esters is 1. The first-order chi connectivity index (χ1) is 13.4. The topological polar surface area (TPSA) is 113 Å². The Labute approximate surface area is 170 Å². The molecule has 0 unspecified atom stereocenters. The SMILES string of the molecule is C=C1C(=O)[C@]23C[C@H]1C[C@H](O)[C@H]2[C@@]12CO[C@@]3(O)[C@@H](O)[C@@H]1C(C)(C)CC[C@@H]2OC(C)=O. The molecule has 0 amide bonds. The number of Topliss-reactive ketones (excluding diaryl/α,β-unsaturated/α-hetero) is 1. The smallest absolute Gasteiger partial charge is 0.302 e. The van der Waals surface area contributed by atoms with Crippen LogP contribution in [0.5, 0.6) is 0 Å². The Morgan fingerprint density at radius 1 is 1.28 bits per heavy atom. The lowest BCUT2D eigenvalue weighted by Crippen LogP contribution is -2.85. The average molecular weight is 406 g/mol. The highest BCUT2D eigenvalue weighted by Gasteiger charge is 2.86. The van der Waals surface area contributed by atoms with Crippen LogP contribution in [0.3, 0.4) is 0 Å². The fraction of sp³-hybridized carbons (Fsp3) is 0.818. The summed E-state index contributed by atoms with van der Waals surface area (Å²) in [6.45, 7) is 9.36. The average Bonchev–Trinajstić information content (AvgIpc) is 2.82. The van der Waals surface area contributed by atoms with Crippen LogP contribution < -0.4 is 0 Å². The third kappa shape index (κ3) is 1.94. The number of ketones is 1. The van der Waals surface area contributed by atoms with E-state index in [9.17, 15) is 24.9 Å². The lowest BCUT2D eigenvalue weighted by Gasteiger charge is -2.74. The van der Waals surface area contributed by atoms with E-state index in [-0.39, 0.29) is 18.3 Å². The van der Waals surface area contributed by atoms with Gasteiger partial charge in [-0.25, -0.2) is 0 Å². The van der Waals surface area contributed by atoms with Gasteiger partial charge in [-0.05, 0) is 42.6 Å². The van der Waals surface area contributed by atoms with E-state index in [2.05, 4.69) is 6.58 Å². The van der Waals surface area contributed by atoms with Crippen LogP contribution >= 0.6 is 0 Å². The molecule has 7 nitrogen and oxygen atoms in total. The van der Waals surface area contributed by atoms with Crippen molar-refractivity contribution >= 4 is 11.8 Å². The lowest BCUT2D eigenvalue weighted by atomic mass is 9.35. The fourth-order valence-corrected chi connectivity index (χ4v) is 8.23. The molecule has 0 aromatic heterocycles. The Kier molecular flexibility index (Phi) is 3.73. The second-order valence-corrected chi connectivity index (χ2v) is 10.7. The van der Waals surface area contributed by atoms with E-state index in [0.717, 1.165) is 0 Å². The molecule has 3 N–H and O–H groups in total. The predicted octanol–water partition coefficient (Wildman–Crippen LogP) is 0.946.